The first-order chi connectivity index (χ1) is 10.3. The second kappa shape index (κ2) is 5.82. The van der Waals surface area contributed by atoms with Crippen molar-refractivity contribution in [2.75, 3.05) is 0 Å². The number of benzene rings is 1. The fourth-order valence-corrected chi connectivity index (χ4v) is 2.26. The Morgan fingerprint density at radius 2 is 1.95 bits per heavy atom. The molecule has 3 aromatic rings. The maximum absolute atomic E-state index is 13.4. The third kappa shape index (κ3) is 2.67. The summed E-state index contributed by atoms with van der Waals surface area (Å²) in [5.74, 6) is 5.25. The van der Waals surface area contributed by atoms with Crippen LogP contribution in [0.15, 0.2) is 61.1 Å². The van der Waals surface area contributed by atoms with E-state index in [9.17, 15) is 4.39 Å². The molecule has 0 bridgehead atoms. The lowest BCUT2D eigenvalue weighted by atomic mass is 10.1. The zero-order valence-corrected chi connectivity index (χ0v) is 11.1. The van der Waals surface area contributed by atoms with Crippen molar-refractivity contribution in [2.45, 2.75) is 6.04 Å². The van der Waals surface area contributed by atoms with Gasteiger partial charge in [0, 0.05) is 12.4 Å². The monoisotopic (exact) mass is 283 g/mol. The molecular formula is C15H14FN5. The second-order valence-electron chi connectivity index (χ2n) is 4.54. The van der Waals surface area contributed by atoms with E-state index in [1.165, 1.54) is 6.07 Å². The Balaban J connectivity index is 2.05. The first-order valence-electron chi connectivity index (χ1n) is 6.45. The molecule has 2 heterocycles. The molecule has 3 N–H and O–H groups in total. The maximum Gasteiger partial charge on any atom is 0.141 e. The first-order valence-corrected chi connectivity index (χ1v) is 6.45. The number of rotatable bonds is 4. The van der Waals surface area contributed by atoms with Gasteiger partial charge in [-0.15, -0.1) is 0 Å². The van der Waals surface area contributed by atoms with Crippen molar-refractivity contribution in [3.8, 4) is 5.69 Å². The molecule has 1 atom stereocenters. The molecule has 21 heavy (non-hydrogen) atoms. The van der Waals surface area contributed by atoms with Gasteiger partial charge in [0.25, 0.3) is 0 Å². The van der Waals surface area contributed by atoms with Gasteiger partial charge < -0.3 is 0 Å². The molecule has 0 saturated carbocycles. The number of nitrogens with two attached hydrogens (primary N) is 1. The number of nitrogens with zero attached hydrogens (tertiary/aromatic N) is 3. The third-order valence-electron chi connectivity index (χ3n) is 3.19. The van der Waals surface area contributed by atoms with Crippen molar-refractivity contribution in [3.63, 3.8) is 0 Å². The van der Waals surface area contributed by atoms with Crippen molar-refractivity contribution < 1.29 is 4.39 Å². The Morgan fingerprint density at radius 3 is 2.67 bits per heavy atom. The summed E-state index contributed by atoms with van der Waals surface area (Å²) in [4.78, 5) is 3.87. The van der Waals surface area contributed by atoms with Crippen LogP contribution in [0.1, 0.15) is 17.3 Å². The molecule has 0 aliphatic heterocycles. The second-order valence-corrected chi connectivity index (χ2v) is 4.54. The normalized spacial score (nSPS) is 12.3. The summed E-state index contributed by atoms with van der Waals surface area (Å²) in [5, 5.41) is 4.31. The fourth-order valence-electron chi connectivity index (χ4n) is 2.26. The molecule has 0 aliphatic carbocycles. The van der Waals surface area contributed by atoms with E-state index < -0.39 is 11.9 Å². The van der Waals surface area contributed by atoms with E-state index in [1.807, 2.05) is 36.4 Å². The van der Waals surface area contributed by atoms with Crippen LogP contribution in [0.25, 0.3) is 5.69 Å². The van der Waals surface area contributed by atoms with Gasteiger partial charge in [0.15, 0.2) is 0 Å². The molecule has 0 saturated heterocycles. The quantitative estimate of drug-likeness (QED) is 0.567. The number of para-hydroxylation sites is 1. The predicted octanol–water partition coefficient (Wildman–Crippen LogP) is 1.96. The molecule has 1 unspecified atom stereocenters. The molecule has 0 radical (unpaired) electrons. The first kappa shape index (κ1) is 13.4. The van der Waals surface area contributed by atoms with Crippen LogP contribution in [0.2, 0.25) is 0 Å². The van der Waals surface area contributed by atoms with Crippen LogP contribution in [0, 0.1) is 5.82 Å². The summed E-state index contributed by atoms with van der Waals surface area (Å²) >= 11 is 0. The van der Waals surface area contributed by atoms with Crippen LogP contribution < -0.4 is 11.3 Å². The lowest BCUT2D eigenvalue weighted by Gasteiger charge is -2.18. The molecule has 0 aliphatic rings. The highest BCUT2D eigenvalue weighted by Gasteiger charge is 2.18. The van der Waals surface area contributed by atoms with Crippen molar-refractivity contribution in [3.05, 3.63) is 78.1 Å². The topological polar surface area (TPSA) is 68.8 Å². The Hall–Kier alpha value is -2.57. The van der Waals surface area contributed by atoms with Crippen molar-refractivity contribution >= 4 is 0 Å². The Bertz CT molecular complexity index is 726. The SMILES string of the molecule is NNC(c1cncc(F)c1)c1ccnn1-c1ccccc1. The van der Waals surface area contributed by atoms with Crippen LogP contribution >= 0.6 is 0 Å². The van der Waals surface area contributed by atoms with Crippen LogP contribution in [0.4, 0.5) is 4.39 Å². The van der Waals surface area contributed by atoms with Gasteiger partial charge in [0.05, 0.1) is 23.6 Å². The smallest absolute Gasteiger partial charge is 0.141 e. The number of halogens is 1. The zero-order chi connectivity index (χ0) is 14.7. The minimum Gasteiger partial charge on any atom is -0.271 e. The lowest BCUT2D eigenvalue weighted by Crippen LogP contribution is -2.30. The van der Waals surface area contributed by atoms with Gasteiger partial charge in [-0.2, -0.15) is 5.10 Å². The van der Waals surface area contributed by atoms with Gasteiger partial charge in [-0.05, 0) is 29.8 Å². The van der Waals surface area contributed by atoms with E-state index in [0.717, 1.165) is 17.6 Å². The van der Waals surface area contributed by atoms with E-state index in [2.05, 4.69) is 15.5 Å². The highest BCUT2D eigenvalue weighted by atomic mass is 19.1. The minimum absolute atomic E-state index is 0.404. The van der Waals surface area contributed by atoms with Gasteiger partial charge in [-0.3, -0.25) is 10.8 Å². The van der Waals surface area contributed by atoms with E-state index in [0.29, 0.717) is 5.56 Å². The molecule has 2 aromatic heterocycles. The van der Waals surface area contributed by atoms with Crippen molar-refractivity contribution in [2.24, 2.45) is 5.84 Å². The van der Waals surface area contributed by atoms with Gasteiger partial charge in [-0.1, -0.05) is 18.2 Å². The third-order valence-corrected chi connectivity index (χ3v) is 3.19. The van der Waals surface area contributed by atoms with Gasteiger partial charge in [0.2, 0.25) is 0 Å². The molecule has 6 heteroatoms. The summed E-state index contributed by atoms with van der Waals surface area (Å²) in [7, 11) is 0. The zero-order valence-electron chi connectivity index (χ0n) is 11.1. The summed E-state index contributed by atoms with van der Waals surface area (Å²) in [6.45, 7) is 0. The van der Waals surface area contributed by atoms with Crippen LogP contribution in [0.5, 0.6) is 0 Å². The van der Waals surface area contributed by atoms with E-state index in [4.69, 9.17) is 5.84 Å². The lowest BCUT2D eigenvalue weighted by molar-refractivity contribution is 0.578. The molecule has 0 fully saturated rings. The molecule has 0 spiro atoms. The molecular weight excluding hydrogens is 269 g/mol. The summed E-state index contributed by atoms with van der Waals surface area (Å²) in [6, 6.07) is 12.5. The van der Waals surface area contributed by atoms with Crippen molar-refractivity contribution in [1.29, 1.82) is 0 Å². The highest BCUT2D eigenvalue weighted by molar-refractivity contribution is 5.35. The Morgan fingerprint density at radius 1 is 1.14 bits per heavy atom. The Labute approximate surface area is 121 Å². The highest BCUT2D eigenvalue weighted by Crippen LogP contribution is 2.23. The number of hydrazine groups is 1. The van der Waals surface area contributed by atoms with Crippen molar-refractivity contribution in [1.82, 2.24) is 20.2 Å². The average Bonchev–Trinajstić information content (AvgIpc) is 2.98. The van der Waals surface area contributed by atoms with Crippen LogP contribution in [-0.2, 0) is 0 Å². The summed E-state index contributed by atoms with van der Waals surface area (Å²) in [5.41, 5.74) is 5.03. The summed E-state index contributed by atoms with van der Waals surface area (Å²) < 4.78 is 15.1. The molecule has 5 nitrogen and oxygen atoms in total. The molecule has 3 rings (SSSR count). The number of hydrogen-bond acceptors (Lipinski definition) is 4. The van der Waals surface area contributed by atoms with Gasteiger partial charge in [0.1, 0.15) is 5.82 Å². The maximum atomic E-state index is 13.4. The Kier molecular flexibility index (Phi) is 3.72. The fraction of sp³-hybridized carbons (Fsp3) is 0.0667. The number of hydrogen-bond donors (Lipinski definition) is 2. The van der Waals surface area contributed by atoms with E-state index in [1.54, 1.807) is 17.1 Å². The van der Waals surface area contributed by atoms with Crippen LogP contribution in [0.3, 0.4) is 0 Å². The van der Waals surface area contributed by atoms with E-state index >= 15 is 0 Å². The molecule has 106 valence electrons. The number of aromatic nitrogens is 3. The molecule has 1 aromatic carbocycles. The average molecular weight is 283 g/mol. The summed E-state index contributed by atoms with van der Waals surface area (Å²) in [6.07, 6.45) is 4.42. The minimum atomic E-state index is -0.407. The van der Waals surface area contributed by atoms with E-state index in [-0.39, 0.29) is 0 Å². The number of pyridine rings is 1. The standard InChI is InChI=1S/C15H14FN5/c16-12-8-11(9-18-10-12)15(20-17)14-6-7-19-21(14)13-4-2-1-3-5-13/h1-10,15,20H,17H2. The largest absolute Gasteiger partial charge is 0.271 e. The molecule has 0 amide bonds. The van der Waals surface area contributed by atoms with Crippen LogP contribution in [-0.4, -0.2) is 14.8 Å². The van der Waals surface area contributed by atoms with Gasteiger partial charge in [-0.25, -0.2) is 14.5 Å². The van der Waals surface area contributed by atoms with Gasteiger partial charge >= 0.3 is 0 Å². The predicted molar refractivity (Wildman–Crippen MR) is 76.9 cm³/mol. The number of nitrogens with one attached hydrogen (secondary N) is 1.